The summed E-state index contributed by atoms with van der Waals surface area (Å²) in [5.41, 5.74) is 0.611. The van der Waals surface area contributed by atoms with Crippen molar-refractivity contribution in [3.63, 3.8) is 0 Å². The molecule has 0 bridgehead atoms. The van der Waals surface area contributed by atoms with Crippen LogP contribution in [0.5, 0.6) is 0 Å². The summed E-state index contributed by atoms with van der Waals surface area (Å²) in [5.74, 6) is -8.17. The number of benzene rings is 1. The van der Waals surface area contributed by atoms with Gasteiger partial charge < -0.3 is 36.2 Å². The van der Waals surface area contributed by atoms with Gasteiger partial charge in [-0.25, -0.2) is 4.79 Å². The Morgan fingerprint density at radius 3 is 1.90 bits per heavy atom. The zero-order valence-electron chi connectivity index (χ0n) is 23.8. The fourth-order valence-corrected chi connectivity index (χ4v) is 5.98. The second kappa shape index (κ2) is 17.2. The topological polar surface area (TPSA) is 236 Å². The third-order valence-corrected chi connectivity index (χ3v) is 8.25. The molecule has 42 heavy (non-hydrogen) atoms. The molecular weight excluding hydrogens is 573 g/mol. The van der Waals surface area contributed by atoms with Gasteiger partial charge >= 0.3 is 17.9 Å². The number of hydrogen-bond acceptors (Lipinski definition) is 7. The second-order valence-corrected chi connectivity index (χ2v) is 13.0. The Labute approximate surface area is 243 Å². The number of rotatable bonds is 19. The van der Waals surface area contributed by atoms with E-state index in [1.165, 1.54) is 6.92 Å². The zero-order valence-corrected chi connectivity index (χ0v) is 24.7. The van der Waals surface area contributed by atoms with Crippen LogP contribution in [0.2, 0.25) is 0 Å². The molecule has 1 aromatic rings. The lowest BCUT2D eigenvalue weighted by Gasteiger charge is -2.24. The highest BCUT2D eigenvalue weighted by Gasteiger charge is 2.33. The van der Waals surface area contributed by atoms with Crippen molar-refractivity contribution in [2.45, 2.75) is 71.0 Å². The molecule has 0 aliphatic heterocycles. The standard InChI is InChI=1S/C27H40N3O11P/c1-16(2)11-12-42(40,41)15-19(14-23(33)34)25(36)28-17(3)24(35)29-20(9-10-22(31)32)26(37)30-21(27(38)39)13-18-7-5-4-6-8-18/h4-8,16-17,19-21H,9-15H2,1-3H3,(H,28,36)(H,29,35)(H,30,37)(H,31,32)(H,33,34)(H,38,39)(H,40,41). The molecule has 0 saturated heterocycles. The van der Waals surface area contributed by atoms with E-state index < -0.39 is 92.5 Å². The van der Waals surface area contributed by atoms with Crippen LogP contribution in [-0.2, 0) is 39.8 Å². The molecule has 0 saturated carbocycles. The molecule has 14 nitrogen and oxygen atoms in total. The lowest BCUT2D eigenvalue weighted by Crippen LogP contribution is -2.56. The van der Waals surface area contributed by atoms with Crippen LogP contribution in [0, 0.1) is 11.8 Å². The average molecular weight is 614 g/mol. The number of carbonyl (C=O) groups is 6. The van der Waals surface area contributed by atoms with E-state index in [0.717, 1.165) is 0 Å². The van der Waals surface area contributed by atoms with Crippen molar-refractivity contribution in [3.05, 3.63) is 35.9 Å². The van der Waals surface area contributed by atoms with Crippen molar-refractivity contribution in [1.29, 1.82) is 0 Å². The van der Waals surface area contributed by atoms with E-state index >= 15 is 0 Å². The molecule has 15 heteroatoms. The van der Waals surface area contributed by atoms with Crippen molar-refractivity contribution in [2.75, 3.05) is 12.3 Å². The second-order valence-electron chi connectivity index (χ2n) is 10.5. The maximum absolute atomic E-state index is 12.9. The Morgan fingerprint density at radius 2 is 1.38 bits per heavy atom. The first-order valence-electron chi connectivity index (χ1n) is 13.4. The minimum absolute atomic E-state index is 0.0786. The molecular formula is C27H40N3O11P. The molecule has 0 fully saturated rings. The van der Waals surface area contributed by atoms with Crippen LogP contribution in [0.15, 0.2) is 30.3 Å². The van der Waals surface area contributed by atoms with Gasteiger partial charge in [-0.1, -0.05) is 44.2 Å². The summed E-state index contributed by atoms with van der Waals surface area (Å²) in [6, 6.07) is 4.20. The van der Waals surface area contributed by atoms with E-state index in [9.17, 15) is 48.4 Å². The molecule has 234 valence electrons. The molecule has 7 N–H and O–H groups in total. The quantitative estimate of drug-likeness (QED) is 0.109. The number of nitrogens with one attached hydrogen (secondary N) is 3. The summed E-state index contributed by atoms with van der Waals surface area (Å²) >= 11 is 0. The lowest BCUT2D eigenvalue weighted by atomic mass is 10.0. The number of carbonyl (C=O) groups excluding carboxylic acids is 3. The van der Waals surface area contributed by atoms with Gasteiger partial charge in [0.15, 0.2) is 0 Å². The van der Waals surface area contributed by atoms with Gasteiger partial charge in [0.1, 0.15) is 18.1 Å². The summed E-state index contributed by atoms with van der Waals surface area (Å²) in [5, 5.41) is 34.8. The molecule has 0 aliphatic rings. The number of amides is 3. The van der Waals surface area contributed by atoms with E-state index in [1.807, 2.05) is 13.8 Å². The first-order valence-corrected chi connectivity index (χ1v) is 15.5. The van der Waals surface area contributed by atoms with E-state index in [4.69, 9.17) is 5.11 Å². The molecule has 5 atom stereocenters. The summed E-state index contributed by atoms with van der Waals surface area (Å²) in [6.45, 7) is 4.91. The highest BCUT2D eigenvalue weighted by Crippen LogP contribution is 2.44. The van der Waals surface area contributed by atoms with Crippen LogP contribution in [0.25, 0.3) is 0 Å². The maximum atomic E-state index is 12.9. The van der Waals surface area contributed by atoms with Crippen LogP contribution in [-0.4, -0.2) is 86.3 Å². The van der Waals surface area contributed by atoms with Crippen LogP contribution in [0.4, 0.5) is 0 Å². The van der Waals surface area contributed by atoms with Crippen molar-refractivity contribution in [2.24, 2.45) is 11.8 Å². The van der Waals surface area contributed by atoms with Gasteiger partial charge in [-0.3, -0.25) is 28.5 Å². The molecule has 1 aromatic carbocycles. The van der Waals surface area contributed by atoms with Crippen molar-refractivity contribution < 1.29 is 53.5 Å². The van der Waals surface area contributed by atoms with Gasteiger partial charge in [-0.15, -0.1) is 0 Å². The highest BCUT2D eigenvalue weighted by molar-refractivity contribution is 7.58. The number of carboxylic acid groups (broad SMARTS) is 3. The highest BCUT2D eigenvalue weighted by atomic mass is 31.2. The van der Waals surface area contributed by atoms with Crippen LogP contribution in [0.1, 0.15) is 52.0 Å². The Balaban J connectivity index is 2.98. The smallest absolute Gasteiger partial charge is 0.326 e. The van der Waals surface area contributed by atoms with Crippen molar-refractivity contribution in [3.8, 4) is 0 Å². The van der Waals surface area contributed by atoms with E-state index in [-0.39, 0.29) is 18.5 Å². The Bertz CT molecular complexity index is 1160. The van der Waals surface area contributed by atoms with Gasteiger partial charge in [0, 0.05) is 25.2 Å². The largest absolute Gasteiger partial charge is 0.481 e. The van der Waals surface area contributed by atoms with Gasteiger partial charge in [-0.05, 0) is 31.2 Å². The lowest BCUT2D eigenvalue weighted by molar-refractivity contribution is -0.143. The monoisotopic (exact) mass is 613 g/mol. The first-order chi connectivity index (χ1) is 19.5. The number of aliphatic carboxylic acids is 3. The van der Waals surface area contributed by atoms with Gasteiger partial charge in [0.2, 0.25) is 25.1 Å². The Hall–Kier alpha value is -3.77. The minimum atomic E-state index is -3.86. The molecule has 5 unspecified atom stereocenters. The Kier molecular flexibility index (Phi) is 14.9. The van der Waals surface area contributed by atoms with Crippen molar-refractivity contribution >= 4 is 43.0 Å². The molecule has 0 aliphatic carbocycles. The van der Waals surface area contributed by atoms with Crippen LogP contribution in [0.3, 0.4) is 0 Å². The number of hydrogen-bond donors (Lipinski definition) is 7. The normalized spacial score (nSPS) is 15.4. The summed E-state index contributed by atoms with van der Waals surface area (Å²) in [6.07, 6.45) is -2.09. The molecule has 0 spiro atoms. The van der Waals surface area contributed by atoms with Gasteiger partial charge in [-0.2, -0.15) is 0 Å². The summed E-state index contributed by atoms with van der Waals surface area (Å²) < 4.78 is 12.6. The van der Waals surface area contributed by atoms with E-state index in [1.54, 1.807) is 30.3 Å². The van der Waals surface area contributed by atoms with E-state index in [2.05, 4.69) is 16.0 Å². The zero-order chi connectivity index (χ0) is 32.0. The molecule has 0 heterocycles. The first kappa shape index (κ1) is 36.3. The SMILES string of the molecule is CC(C)CCP(=O)(O)CC(CC(=O)O)C(=O)NC(C)C(=O)NC(CCC(=O)O)C(=O)NC(Cc1ccccc1)C(=O)O. The third-order valence-electron chi connectivity index (χ3n) is 6.28. The van der Waals surface area contributed by atoms with Gasteiger partial charge in [0.25, 0.3) is 0 Å². The van der Waals surface area contributed by atoms with Crippen LogP contribution < -0.4 is 16.0 Å². The summed E-state index contributed by atoms with van der Waals surface area (Å²) in [7, 11) is -3.86. The molecule has 0 aromatic heterocycles. The minimum Gasteiger partial charge on any atom is -0.481 e. The van der Waals surface area contributed by atoms with E-state index in [0.29, 0.717) is 12.0 Å². The van der Waals surface area contributed by atoms with Crippen LogP contribution >= 0.6 is 7.37 Å². The predicted octanol–water partition coefficient (Wildman–Crippen LogP) is 1.06. The molecule has 1 rings (SSSR count). The van der Waals surface area contributed by atoms with Crippen molar-refractivity contribution in [1.82, 2.24) is 16.0 Å². The fourth-order valence-electron chi connectivity index (χ4n) is 3.90. The Morgan fingerprint density at radius 1 is 0.786 bits per heavy atom. The summed E-state index contributed by atoms with van der Waals surface area (Å²) in [4.78, 5) is 83.2. The van der Waals surface area contributed by atoms with Gasteiger partial charge in [0.05, 0.1) is 12.3 Å². The predicted molar refractivity (Wildman–Crippen MR) is 151 cm³/mol. The number of carboxylic acids is 3. The third kappa shape index (κ3) is 14.2. The molecule has 0 radical (unpaired) electrons. The fraction of sp³-hybridized carbons (Fsp3) is 0.556. The molecule has 3 amide bonds. The maximum Gasteiger partial charge on any atom is 0.326 e. The average Bonchev–Trinajstić information content (AvgIpc) is 2.88.